The Morgan fingerprint density at radius 3 is 2.56 bits per heavy atom. The maximum atomic E-state index is 12.8. The maximum absolute atomic E-state index is 12.8. The highest BCUT2D eigenvalue weighted by atomic mass is 16.5. The largest absolute Gasteiger partial charge is 0.465 e. The van der Waals surface area contributed by atoms with Crippen molar-refractivity contribution in [2.75, 3.05) is 37.8 Å². The lowest BCUT2D eigenvalue weighted by molar-refractivity contribution is -0.143. The van der Waals surface area contributed by atoms with Gasteiger partial charge in [0, 0.05) is 13.1 Å². The van der Waals surface area contributed by atoms with Crippen molar-refractivity contribution in [3.63, 3.8) is 0 Å². The third-order valence-electron chi connectivity index (χ3n) is 4.91. The smallest absolute Gasteiger partial charge is 0.310 e. The van der Waals surface area contributed by atoms with Crippen LogP contribution in [0.1, 0.15) is 31.7 Å². The topological polar surface area (TPSA) is 76.2 Å². The highest BCUT2D eigenvalue weighted by Gasteiger charge is 2.42. The Balaban J connectivity index is 1.61. The van der Waals surface area contributed by atoms with E-state index in [0.29, 0.717) is 38.6 Å². The molecule has 2 heterocycles. The molecule has 7 heteroatoms. The molecule has 1 atom stereocenters. The Morgan fingerprint density at radius 1 is 1.19 bits per heavy atom. The highest BCUT2D eigenvalue weighted by molar-refractivity contribution is 6.22. The predicted octanol–water partition coefficient (Wildman–Crippen LogP) is 1.54. The second-order valence-electron chi connectivity index (χ2n) is 6.85. The van der Waals surface area contributed by atoms with Crippen LogP contribution in [0, 0.1) is 0 Å². The number of amides is 2. The molecule has 7 nitrogen and oxygen atoms in total. The molecule has 0 N–H and O–H groups in total. The summed E-state index contributed by atoms with van der Waals surface area (Å²) in [5, 5.41) is 0. The monoisotopic (exact) mass is 374 g/mol. The zero-order chi connectivity index (χ0) is 19.2. The number of morpholine rings is 1. The van der Waals surface area contributed by atoms with Gasteiger partial charge in [0.25, 0.3) is 5.91 Å². The van der Waals surface area contributed by atoms with E-state index in [1.807, 2.05) is 11.8 Å². The first kappa shape index (κ1) is 19.5. The Labute approximate surface area is 159 Å². The van der Waals surface area contributed by atoms with Crippen molar-refractivity contribution in [1.82, 2.24) is 4.90 Å². The van der Waals surface area contributed by atoms with Gasteiger partial charge in [-0.2, -0.15) is 0 Å². The van der Waals surface area contributed by atoms with Crippen molar-refractivity contribution in [2.24, 2.45) is 0 Å². The minimum absolute atomic E-state index is 0.183. The van der Waals surface area contributed by atoms with Crippen molar-refractivity contribution >= 4 is 23.5 Å². The molecule has 2 aliphatic rings. The van der Waals surface area contributed by atoms with Crippen LogP contribution in [0.5, 0.6) is 0 Å². The van der Waals surface area contributed by atoms with Crippen LogP contribution in [0.15, 0.2) is 24.3 Å². The predicted molar refractivity (Wildman–Crippen MR) is 99.3 cm³/mol. The quantitative estimate of drug-likeness (QED) is 0.409. The summed E-state index contributed by atoms with van der Waals surface area (Å²) in [4.78, 5) is 40.3. The van der Waals surface area contributed by atoms with Gasteiger partial charge in [-0.1, -0.05) is 25.5 Å². The van der Waals surface area contributed by atoms with Crippen LogP contribution < -0.4 is 4.90 Å². The fraction of sp³-hybridized carbons (Fsp3) is 0.550. The van der Waals surface area contributed by atoms with Gasteiger partial charge < -0.3 is 9.47 Å². The Hall–Kier alpha value is -2.25. The number of hydrogen-bond donors (Lipinski definition) is 0. The number of unbranched alkanes of at least 4 members (excludes halogenated alkanes) is 1. The van der Waals surface area contributed by atoms with Crippen LogP contribution in [0.4, 0.5) is 5.69 Å². The van der Waals surface area contributed by atoms with E-state index in [2.05, 4.69) is 0 Å². The van der Waals surface area contributed by atoms with Crippen LogP contribution >= 0.6 is 0 Å². The average molecular weight is 374 g/mol. The first-order valence-electron chi connectivity index (χ1n) is 9.53. The Morgan fingerprint density at radius 2 is 1.89 bits per heavy atom. The molecular weight excluding hydrogens is 348 g/mol. The number of nitrogens with zero attached hydrogens (tertiary/aromatic N) is 2. The molecule has 2 amide bonds. The molecule has 0 spiro atoms. The van der Waals surface area contributed by atoms with Gasteiger partial charge in [0.15, 0.2) is 0 Å². The SMILES string of the molecule is CCCCOC(=O)Cc1ccc(N2C(=O)C[C@@H](N3CCOCC3)C2=O)cc1. The standard InChI is InChI=1S/C20H26N2O5/c1-2-3-10-27-19(24)13-15-4-6-16(7-5-15)22-18(23)14-17(20(22)25)21-8-11-26-12-9-21/h4-7,17H,2-3,8-14H2,1H3/t17-/m1/s1. The van der Waals surface area contributed by atoms with Gasteiger partial charge in [0.1, 0.15) is 0 Å². The van der Waals surface area contributed by atoms with Crippen LogP contribution in [0.3, 0.4) is 0 Å². The molecule has 0 saturated carbocycles. The van der Waals surface area contributed by atoms with Gasteiger partial charge >= 0.3 is 5.97 Å². The van der Waals surface area contributed by atoms with E-state index in [1.54, 1.807) is 24.3 Å². The van der Waals surface area contributed by atoms with E-state index < -0.39 is 6.04 Å². The van der Waals surface area contributed by atoms with Crippen molar-refractivity contribution in [2.45, 2.75) is 38.6 Å². The van der Waals surface area contributed by atoms with Crippen LogP contribution in [-0.2, 0) is 30.3 Å². The molecule has 1 aromatic rings. The molecule has 2 aliphatic heterocycles. The van der Waals surface area contributed by atoms with Gasteiger partial charge in [-0.3, -0.25) is 19.3 Å². The number of carbonyl (C=O) groups is 3. The summed E-state index contributed by atoms with van der Waals surface area (Å²) in [6.07, 6.45) is 2.21. The van der Waals surface area contributed by atoms with Crippen molar-refractivity contribution in [3.8, 4) is 0 Å². The molecule has 27 heavy (non-hydrogen) atoms. The summed E-state index contributed by atoms with van der Waals surface area (Å²) in [6, 6.07) is 6.55. The number of benzene rings is 1. The van der Waals surface area contributed by atoms with Crippen LogP contribution in [-0.4, -0.2) is 61.6 Å². The van der Waals surface area contributed by atoms with Crippen molar-refractivity contribution in [1.29, 1.82) is 0 Å². The van der Waals surface area contributed by atoms with Crippen LogP contribution in [0.2, 0.25) is 0 Å². The summed E-state index contributed by atoms with van der Waals surface area (Å²) in [5.74, 6) is -0.645. The van der Waals surface area contributed by atoms with E-state index in [0.717, 1.165) is 18.4 Å². The molecule has 0 aliphatic carbocycles. The van der Waals surface area contributed by atoms with Crippen LogP contribution in [0.25, 0.3) is 0 Å². The van der Waals surface area contributed by atoms with E-state index in [9.17, 15) is 14.4 Å². The van der Waals surface area contributed by atoms with Gasteiger partial charge in [0.2, 0.25) is 5.91 Å². The van der Waals surface area contributed by atoms with E-state index in [1.165, 1.54) is 4.90 Å². The zero-order valence-corrected chi connectivity index (χ0v) is 15.7. The third kappa shape index (κ3) is 4.73. The average Bonchev–Trinajstić information content (AvgIpc) is 2.98. The number of anilines is 1. The fourth-order valence-electron chi connectivity index (χ4n) is 3.37. The minimum Gasteiger partial charge on any atom is -0.465 e. The molecule has 2 saturated heterocycles. The van der Waals surface area contributed by atoms with Gasteiger partial charge in [-0.05, 0) is 24.1 Å². The molecule has 0 bridgehead atoms. The zero-order valence-electron chi connectivity index (χ0n) is 15.7. The summed E-state index contributed by atoms with van der Waals surface area (Å²) in [6.45, 7) is 4.97. The molecular formula is C20H26N2O5. The molecule has 0 unspecified atom stereocenters. The molecule has 3 rings (SSSR count). The molecule has 2 fully saturated rings. The minimum atomic E-state index is -0.408. The summed E-state index contributed by atoms with van der Waals surface area (Å²) in [7, 11) is 0. The number of hydrogen-bond acceptors (Lipinski definition) is 6. The summed E-state index contributed by atoms with van der Waals surface area (Å²) < 4.78 is 10.5. The Kier molecular flexibility index (Phi) is 6.58. The molecule has 146 valence electrons. The van der Waals surface area contributed by atoms with E-state index >= 15 is 0 Å². The number of esters is 1. The first-order valence-corrected chi connectivity index (χ1v) is 9.53. The second-order valence-corrected chi connectivity index (χ2v) is 6.85. The molecule has 0 aromatic heterocycles. The first-order chi connectivity index (χ1) is 13.1. The normalized spacial score (nSPS) is 20.9. The fourth-order valence-corrected chi connectivity index (χ4v) is 3.37. The summed E-state index contributed by atoms with van der Waals surface area (Å²) in [5.41, 5.74) is 1.34. The lowest BCUT2D eigenvalue weighted by Crippen LogP contribution is -2.47. The molecule has 0 radical (unpaired) electrons. The highest BCUT2D eigenvalue weighted by Crippen LogP contribution is 2.26. The second kappa shape index (κ2) is 9.10. The Bertz CT molecular complexity index is 682. The number of imide groups is 1. The van der Waals surface area contributed by atoms with Gasteiger partial charge in [-0.25, -0.2) is 4.90 Å². The number of ether oxygens (including phenoxy) is 2. The lowest BCUT2D eigenvalue weighted by atomic mass is 10.1. The van der Waals surface area contributed by atoms with E-state index in [-0.39, 0.29) is 30.6 Å². The lowest BCUT2D eigenvalue weighted by Gasteiger charge is -2.30. The third-order valence-corrected chi connectivity index (χ3v) is 4.91. The molecule has 1 aromatic carbocycles. The summed E-state index contributed by atoms with van der Waals surface area (Å²) >= 11 is 0. The maximum Gasteiger partial charge on any atom is 0.310 e. The van der Waals surface area contributed by atoms with Crippen molar-refractivity contribution < 1.29 is 23.9 Å². The number of rotatable bonds is 7. The van der Waals surface area contributed by atoms with Gasteiger partial charge in [0.05, 0.1) is 44.4 Å². The van der Waals surface area contributed by atoms with E-state index in [4.69, 9.17) is 9.47 Å². The van der Waals surface area contributed by atoms with Crippen molar-refractivity contribution in [3.05, 3.63) is 29.8 Å². The van der Waals surface area contributed by atoms with Gasteiger partial charge in [-0.15, -0.1) is 0 Å². The number of carbonyl (C=O) groups excluding carboxylic acids is 3.